The maximum absolute atomic E-state index is 11.8. The van der Waals surface area contributed by atoms with Gasteiger partial charge in [-0.1, -0.05) is 0 Å². The molecule has 0 aliphatic rings. The number of nitrogens with zero attached hydrogens (tertiary/aromatic N) is 2. The van der Waals surface area contributed by atoms with E-state index in [-0.39, 0.29) is 40.5 Å². The van der Waals surface area contributed by atoms with Gasteiger partial charge in [0.2, 0.25) is 0 Å². The Bertz CT molecular complexity index is 728. The molecule has 0 aromatic heterocycles. The topological polar surface area (TPSA) is 178 Å². The molecule has 25 heavy (non-hydrogen) atoms. The fourth-order valence-corrected chi connectivity index (χ4v) is 4.54. The van der Waals surface area contributed by atoms with E-state index in [4.69, 9.17) is 20.7 Å². The van der Waals surface area contributed by atoms with Gasteiger partial charge in [-0.2, -0.15) is 25.7 Å². The van der Waals surface area contributed by atoms with E-state index in [0.717, 1.165) is 0 Å². The molecule has 0 radical (unpaired) electrons. The van der Waals surface area contributed by atoms with Crippen molar-refractivity contribution in [2.24, 2.45) is 0 Å². The molecule has 1 aromatic carbocycles. The third-order valence-electron chi connectivity index (χ3n) is 3.21. The number of hydrogen-bond donors (Lipinski definition) is 6. The van der Waals surface area contributed by atoms with Crippen molar-refractivity contribution >= 4 is 21.0 Å². The Morgan fingerprint density at radius 2 is 1.88 bits per heavy atom. The Balaban J connectivity index is 2.69. The molecule has 0 heterocycles. The summed E-state index contributed by atoms with van der Waals surface area (Å²) in [5.41, 5.74) is 0.136. The number of hydrogen-bond acceptors (Lipinski definition) is 7. The van der Waals surface area contributed by atoms with E-state index in [1.54, 1.807) is 6.07 Å². The van der Waals surface area contributed by atoms with Crippen LogP contribution in [0.1, 0.15) is 17.5 Å². The summed E-state index contributed by atoms with van der Waals surface area (Å²) in [6, 6.07) is 7.49. The van der Waals surface area contributed by atoms with Gasteiger partial charge in [-0.05, 0) is 22.4 Å². The Kier molecular flexibility index (Phi) is 7.95. The van der Waals surface area contributed by atoms with Gasteiger partial charge >= 0.3 is 0 Å². The molecule has 2 atom stereocenters. The zero-order valence-corrected chi connectivity index (χ0v) is 14.8. The molecule has 2 unspecified atom stereocenters. The van der Waals surface area contributed by atoms with E-state index in [1.807, 2.05) is 6.07 Å². The summed E-state index contributed by atoms with van der Waals surface area (Å²) in [7, 11) is -6.78. The zero-order chi connectivity index (χ0) is 19.1. The van der Waals surface area contributed by atoms with Gasteiger partial charge in [0, 0.05) is 12.2 Å². The Morgan fingerprint density at radius 1 is 1.24 bits per heavy atom. The quantitative estimate of drug-likeness (QED) is 0.334. The highest BCUT2D eigenvalue weighted by Crippen LogP contribution is 2.48. The highest BCUT2D eigenvalue weighted by molar-refractivity contribution is 8.24. The molecule has 1 rings (SSSR count). The average Bonchev–Trinajstić information content (AvgIpc) is 2.58. The lowest BCUT2D eigenvalue weighted by Gasteiger charge is -2.32. The lowest BCUT2D eigenvalue weighted by Crippen LogP contribution is -2.39. The normalized spacial score (nSPS) is 15.6. The van der Waals surface area contributed by atoms with Crippen LogP contribution >= 0.6 is 10.6 Å². The minimum Gasteiger partial charge on any atom is -0.394 e. The first-order chi connectivity index (χ1) is 11.6. The smallest absolute Gasteiger partial charge is 0.288 e. The molecule has 0 spiro atoms. The van der Waals surface area contributed by atoms with E-state index < -0.39 is 33.7 Å². The van der Waals surface area contributed by atoms with Crippen LogP contribution in [0, 0.1) is 22.7 Å². The van der Waals surface area contributed by atoms with E-state index in [1.165, 1.54) is 18.2 Å². The van der Waals surface area contributed by atoms with Crippen molar-refractivity contribution in [3.05, 3.63) is 29.3 Å². The van der Waals surface area contributed by atoms with Crippen molar-refractivity contribution < 1.29 is 28.1 Å². The minimum atomic E-state index is -3.49. The van der Waals surface area contributed by atoms with Crippen LogP contribution in [-0.2, 0) is 14.6 Å². The maximum atomic E-state index is 11.8. The summed E-state index contributed by atoms with van der Waals surface area (Å²) >= 11 is 0. The van der Waals surface area contributed by atoms with Gasteiger partial charge in [0.05, 0.1) is 35.3 Å². The van der Waals surface area contributed by atoms with Crippen LogP contribution in [0.15, 0.2) is 23.1 Å². The molecule has 0 aliphatic carbocycles. The Labute approximate surface area is 148 Å². The van der Waals surface area contributed by atoms with Crippen LogP contribution in [0.4, 0.5) is 0 Å². The molecular weight excluding hydrogens is 370 g/mol. The molecule has 11 heteroatoms. The predicted molar refractivity (Wildman–Crippen MR) is 93.1 cm³/mol. The molecule has 0 fully saturated rings. The zero-order valence-electron chi connectivity index (χ0n) is 13.2. The summed E-state index contributed by atoms with van der Waals surface area (Å²) in [4.78, 5) is 0.0798. The second kappa shape index (κ2) is 9.24. The van der Waals surface area contributed by atoms with Crippen LogP contribution < -0.4 is 4.72 Å². The van der Waals surface area contributed by atoms with Crippen LogP contribution in [0.25, 0.3) is 0 Å². The van der Waals surface area contributed by atoms with E-state index in [2.05, 4.69) is 4.72 Å². The summed E-state index contributed by atoms with van der Waals surface area (Å²) < 4.78 is 44.1. The Morgan fingerprint density at radius 3 is 2.44 bits per heavy atom. The first kappa shape index (κ1) is 21.5. The first-order valence-electron chi connectivity index (χ1n) is 7.13. The lowest BCUT2D eigenvalue weighted by molar-refractivity contribution is 0.0984. The fourth-order valence-electron chi connectivity index (χ4n) is 1.85. The van der Waals surface area contributed by atoms with Crippen LogP contribution in [0.2, 0.25) is 0 Å². The van der Waals surface area contributed by atoms with Gasteiger partial charge in [0.25, 0.3) is 10.4 Å². The van der Waals surface area contributed by atoms with Crippen molar-refractivity contribution in [1.82, 2.24) is 4.72 Å². The molecule has 0 amide bonds. The Hall–Kier alpha value is -1.54. The van der Waals surface area contributed by atoms with E-state index >= 15 is 0 Å². The van der Waals surface area contributed by atoms with Gasteiger partial charge in [-0.15, -0.1) is 4.72 Å². The van der Waals surface area contributed by atoms with Crippen LogP contribution in [-0.4, -0.2) is 54.6 Å². The van der Waals surface area contributed by atoms with Crippen molar-refractivity contribution in [1.29, 1.82) is 10.5 Å². The number of rotatable bonds is 9. The highest BCUT2D eigenvalue weighted by atomic mass is 32.3. The first-order valence-corrected chi connectivity index (χ1v) is 10.5. The molecule has 0 aliphatic heterocycles. The number of aliphatic hydroxyl groups excluding tert-OH is 2. The molecule has 6 N–H and O–H groups in total. The fraction of sp³-hybridized carbons (Fsp3) is 0.429. The third kappa shape index (κ3) is 6.70. The van der Waals surface area contributed by atoms with Gasteiger partial charge in [-0.25, -0.2) is 0 Å². The number of nitriles is 2. The largest absolute Gasteiger partial charge is 0.394 e. The molecule has 0 saturated carbocycles. The summed E-state index contributed by atoms with van der Waals surface area (Å²) in [5, 5.41) is 35.6. The van der Waals surface area contributed by atoms with Gasteiger partial charge in [0.15, 0.2) is 5.75 Å². The number of benzene rings is 1. The number of nitrogens with one attached hydrogen (secondary N) is 1. The summed E-state index contributed by atoms with van der Waals surface area (Å²) in [6.07, 6.45) is -1.18. The SMILES string of the molecule is N#Cc1ccc(S(O)(O)CCC[S+](=O)(O)NCC(O)CO)cc1C#N. The second-order valence-electron chi connectivity index (χ2n) is 5.18. The summed E-state index contributed by atoms with van der Waals surface area (Å²) in [6.45, 7) is -0.827. The highest BCUT2D eigenvalue weighted by Gasteiger charge is 2.27. The molecule has 1 aromatic rings. The van der Waals surface area contributed by atoms with Crippen molar-refractivity contribution in [3.8, 4) is 12.1 Å². The van der Waals surface area contributed by atoms with Gasteiger partial charge < -0.3 is 10.2 Å². The second-order valence-corrected chi connectivity index (χ2v) is 9.38. The molecule has 138 valence electrons. The predicted octanol–water partition coefficient (Wildman–Crippen LogP) is 0.760. The van der Waals surface area contributed by atoms with Crippen molar-refractivity contribution in [3.63, 3.8) is 0 Å². The van der Waals surface area contributed by atoms with E-state index in [0.29, 0.717) is 0 Å². The molecule has 0 bridgehead atoms. The van der Waals surface area contributed by atoms with Crippen LogP contribution in [0.3, 0.4) is 0 Å². The average molecular weight is 390 g/mol. The maximum Gasteiger partial charge on any atom is 0.288 e. The standard InChI is InChI=1S/C14H19N3O6S2/c15-7-11-2-3-14(6-12(11)8-16)24(20,21)4-1-5-25(22,23)17-9-13(19)10-18/h2-3,6,13,18-19H,1,4-5,9-10H2,(H3-,17,20,21,22,23)/p+1. The molecule has 0 saturated heterocycles. The van der Waals surface area contributed by atoms with Gasteiger partial charge in [0.1, 0.15) is 12.1 Å². The van der Waals surface area contributed by atoms with Crippen molar-refractivity contribution in [2.45, 2.75) is 17.4 Å². The van der Waals surface area contributed by atoms with Gasteiger partial charge in [-0.3, -0.25) is 9.11 Å². The number of aliphatic hydroxyl groups is 2. The monoisotopic (exact) mass is 390 g/mol. The van der Waals surface area contributed by atoms with Crippen LogP contribution in [0.5, 0.6) is 0 Å². The van der Waals surface area contributed by atoms with E-state index in [9.17, 15) is 17.9 Å². The van der Waals surface area contributed by atoms with Crippen molar-refractivity contribution in [2.75, 3.05) is 24.7 Å². The third-order valence-corrected chi connectivity index (χ3v) is 6.54. The molecular formula is C14H20N3O6S2+. The summed E-state index contributed by atoms with van der Waals surface area (Å²) in [5.74, 6) is -0.492. The molecule has 9 nitrogen and oxygen atoms in total. The lowest BCUT2D eigenvalue weighted by atomic mass is 10.1. The minimum absolute atomic E-state index is 0.0121.